The number of rotatable bonds is 6. The van der Waals surface area contributed by atoms with Crippen LogP contribution < -0.4 is 0 Å². The van der Waals surface area contributed by atoms with E-state index in [1.54, 1.807) is 0 Å². The Hall–Kier alpha value is -1.04. The lowest BCUT2D eigenvalue weighted by molar-refractivity contribution is -0.135. The lowest BCUT2D eigenvalue weighted by Crippen LogP contribution is -2.49. The van der Waals surface area contributed by atoms with Gasteiger partial charge < -0.3 is 4.90 Å². The quantitative estimate of drug-likeness (QED) is 0.789. The minimum Gasteiger partial charge on any atom is -0.336 e. The number of amides is 1. The number of aryl methyl sites for hydroxylation is 1. The van der Waals surface area contributed by atoms with Crippen molar-refractivity contribution < 1.29 is 4.79 Å². The molecule has 0 atom stereocenters. The Balaban J connectivity index is 1.62. The summed E-state index contributed by atoms with van der Waals surface area (Å²) in [6.07, 6.45) is 13.3. The van der Waals surface area contributed by atoms with E-state index in [4.69, 9.17) is 0 Å². The van der Waals surface area contributed by atoms with Gasteiger partial charge in [-0.15, -0.1) is 5.10 Å². The maximum atomic E-state index is 13.0. The van der Waals surface area contributed by atoms with Crippen molar-refractivity contribution >= 4 is 17.7 Å². The molecule has 2 aliphatic rings. The minimum absolute atomic E-state index is 0.293. The van der Waals surface area contributed by atoms with E-state index >= 15 is 0 Å². The number of carbonyl (C=O) groups is 1. The predicted octanol–water partition coefficient (Wildman–Crippen LogP) is 3.95. The predicted molar refractivity (Wildman–Crippen MR) is 97.1 cm³/mol. The van der Waals surface area contributed by atoms with E-state index in [-0.39, 0.29) is 0 Å². The fourth-order valence-electron chi connectivity index (χ4n) is 4.13. The number of aromatic amines is 1. The zero-order valence-corrected chi connectivity index (χ0v) is 15.6. The molecular weight excluding hydrogens is 320 g/mol. The van der Waals surface area contributed by atoms with E-state index in [1.807, 2.05) is 6.92 Å². The zero-order chi connectivity index (χ0) is 16.8. The summed E-state index contributed by atoms with van der Waals surface area (Å²) in [7, 11) is 0. The van der Waals surface area contributed by atoms with Gasteiger partial charge in [0.25, 0.3) is 0 Å². The van der Waals surface area contributed by atoms with Crippen molar-refractivity contribution in [2.45, 2.75) is 94.8 Å². The Labute approximate surface area is 149 Å². The molecule has 0 aromatic carbocycles. The molecule has 1 amide bonds. The molecule has 0 unspecified atom stereocenters. The van der Waals surface area contributed by atoms with Gasteiger partial charge in [-0.05, 0) is 25.7 Å². The fourth-order valence-corrected chi connectivity index (χ4v) is 4.81. The van der Waals surface area contributed by atoms with E-state index in [2.05, 4.69) is 20.1 Å². The van der Waals surface area contributed by atoms with Crippen molar-refractivity contribution in [3.8, 4) is 0 Å². The molecule has 134 valence electrons. The number of hydrogen-bond acceptors (Lipinski definition) is 4. The number of hydrogen-bond donors (Lipinski definition) is 1. The third-order valence-corrected chi connectivity index (χ3v) is 6.23. The molecule has 0 spiro atoms. The summed E-state index contributed by atoms with van der Waals surface area (Å²) in [5.41, 5.74) is 0. The van der Waals surface area contributed by atoms with Gasteiger partial charge in [0, 0.05) is 18.5 Å². The highest BCUT2D eigenvalue weighted by Crippen LogP contribution is 2.31. The van der Waals surface area contributed by atoms with Gasteiger partial charge in [0.05, 0.1) is 5.75 Å². The smallest absolute Gasteiger partial charge is 0.233 e. The number of nitrogens with zero attached hydrogens (tertiary/aromatic N) is 3. The molecule has 24 heavy (non-hydrogen) atoms. The van der Waals surface area contributed by atoms with Crippen LogP contribution in [-0.4, -0.2) is 43.8 Å². The molecule has 2 aliphatic carbocycles. The molecular formula is C18H30N4OS. The first-order chi connectivity index (χ1) is 11.8. The largest absolute Gasteiger partial charge is 0.336 e. The van der Waals surface area contributed by atoms with Gasteiger partial charge in [-0.25, -0.2) is 4.98 Å². The molecule has 0 aliphatic heterocycles. The van der Waals surface area contributed by atoms with Gasteiger partial charge >= 0.3 is 0 Å². The van der Waals surface area contributed by atoms with E-state index < -0.39 is 0 Å². The van der Waals surface area contributed by atoms with Crippen LogP contribution in [0, 0.1) is 0 Å². The van der Waals surface area contributed by atoms with Gasteiger partial charge in [-0.2, -0.15) is 0 Å². The highest BCUT2D eigenvalue weighted by atomic mass is 32.2. The van der Waals surface area contributed by atoms with Crippen molar-refractivity contribution in [3.05, 3.63) is 5.82 Å². The molecule has 0 radical (unpaired) electrons. The van der Waals surface area contributed by atoms with Crippen LogP contribution in [0.1, 0.15) is 77.0 Å². The highest BCUT2D eigenvalue weighted by molar-refractivity contribution is 7.99. The van der Waals surface area contributed by atoms with Crippen LogP contribution >= 0.6 is 11.8 Å². The molecule has 6 heteroatoms. The molecule has 3 rings (SSSR count). The zero-order valence-electron chi connectivity index (χ0n) is 14.8. The van der Waals surface area contributed by atoms with Crippen molar-refractivity contribution in [1.29, 1.82) is 0 Å². The van der Waals surface area contributed by atoms with Crippen molar-refractivity contribution in [3.63, 3.8) is 0 Å². The molecule has 2 saturated carbocycles. The number of thioether (sulfide) groups is 1. The van der Waals surface area contributed by atoms with Gasteiger partial charge in [0.1, 0.15) is 5.82 Å². The first-order valence-corrected chi connectivity index (χ1v) is 10.6. The van der Waals surface area contributed by atoms with Crippen LogP contribution in [0.2, 0.25) is 0 Å². The topological polar surface area (TPSA) is 61.9 Å². The summed E-state index contributed by atoms with van der Waals surface area (Å²) in [6, 6.07) is 0.932. The average Bonchev–Trinajstić information content (AvgIpc) is 3.10. The summed E-state index contributed by atoms with van der Waals surface area (Å²) in [6.45, 7) is 2.05. The number of aromatic nitrogens is 3. The van der Waals surface area contributed by atoms with Crippen LogP contribution in [0.3, 0.4) is 0 Å². The Morgan fingerprint density at radius 3 is 2.17 bits per heavy atom. The molecule has 0 bridgehead atoms. The lowest BCUT2D eigenvalue weighted by Gasteiger charge is -2.41. The first kappa shape index (κ1) is 17.8. The molecule has 0 saturated heterocycles. The second-order valence-electron chi connectivity index (χ2n) is 7.09. The Kier molecular flexibility index (Phi) is 6.58. The van der Waals surface area contributed by atoms with Crippen molar-refractivity contribution in [2.24, 2.45) is 0 Å². The lowest BCUT2D eigenvalue weighted by atomic mass is 9.88. The summed E-state index contributed by atoms with van der Waals surface area (Å²) in [5.74, 6) is 1.65. The average molecular weight is 351 g/mol. The molecule has 1 N–H and O–H groups in total. The molecule has 1 aromatic heterocycles. The molecule has 5 nitrogen and oxygen atoms in total. The fraction of sp³-hybridized carbons (Fsp3) is 0.833. The Morgan fingerprint density at radius 2 is 1.67 bits per heavy atom. The van der Waals surface area contributed by atoms with Crippen molar-refractivity contribution in [1.82, 2.24) is 20.1 Å². The maximum absolute atomic E-state index is 13.0. The summed E-state index contributed by atoms with van der Waals surface area (Å²) >= 11 is 1.48. The van der Waals surface area contributed by atoms with Crippen LogP contribution in [-0.2, 0) is 11.2 Å². The molecule has 1 aromatic rings. The van der Waals surface area contributed by atoms with Crippen LogP contribution in [0.25, 0.3) is 0 Å². The van der Waals surface area contributed by atoms with E-state index in [0.29, 0.717) is 28.9 Å². The molecule has 2 fully saturated rings. The third-order valence-electron chi connectivity index (χ3n) is 5.39. The van der Waals surface area contributed by atoms with Gasteiger partial charge in [0.2, 0.25) is 11.1 Å². The summed E-state index contributed by atoms with van der Waals surface area (Å²) in [4.78, 5) is 19.7. The van der Waals surface area contributed by atoms with E-state index in [9.17, 15) is 4.79 Å². The number of carbonyl (C=O) groups excluding carboxylic acids is 1. The van der Waals surface area contributed by atoms with Gasteiger partial charge in [0.15, 0.2) is 0 Å². The van der Waals surface area contributed by atoms with E-state index in [0.717, 1.165) is 12.2 Å². The van der Waals surface area contributed by atoms with Crippen LogP contribution in [0.5, 0.6) is 0 Å². The molecule has 1 heterocycles. The standard InChI is InChI=1S/C18H30N4OS/c1-2-16-19-18(21-20-16)24-13-17(23)22(14-9-5-3-6-10-14)15-11-7-4-8-12-15/h14-15H,2-13H2,1H3,(H,19,20,21). The SMILES string of the molecule is CCc1nc(SCC(=O)N(C2CCCCC2)C2CCCCC2)n[nH]1. The minimum atomic E-state index is 0.293. The second-order valence-corrected chi connectivity index (χ2v) is 8.03. The maximum Gasteiger partial charge on any atom is 0.233 e. The third kappa shape index (κ3) is 4.52. The monoisotopic (exact) mass is 350 g/mol. The van der Waals surface area contributed by atoms with Crippen LogP contribution in [0.15, 0.2) is 5.16 Å². The van der Waals surface area contributed by atoms with Gasteiger partial charge in [-0.3, -0.25) is 9.89 Å². The Morgan fingerprint density at radius 1 is 1.08 bits per heavy atom. The van der Waals surface area contributed by atoms with E-state index in [1.165, 1.54) is 76.0 Å². The number of H-pyrrole nitrogens is 1. The first-order valence-electron chi connectivity index (χ1n) is 9.63. The second kappa shape index (κ2) is 8.88. The normalized spacial score (nSPS) is 20.2. The highest BCUT2D eigenvalue weighted by Gasteiger charge is 2.32. The number of nitrogens with one attached hydrogen (secondary N) is 1. The van der Waals surface area contributed by atoms with Crippen molar-refractivity contribution in [2.75, 3.05) is 5.75 Å². The van der Waals surface area contributed by atoms with Gasteiger partial charge in [-0.1, -0.05) is 57.2 Å². The summed E-state index contributed by atoms with van der Waals surface area (Å²) < 4.78 is 0. The Bertz CT molecular complexity index is 503. The summed E-state index contributed by atoms with van der Waals surface area (Å²) in [5, 5.41) is 7.83. The van der Waals surface area contributed by atoms with Crippen LogP contribution in [0.4, 0.5) is 0 Å².